The van der Waals surface area contributed by atoms with Gasteiger partial charge in [0.15, 0.2) is 0 Å². The van der Waals surface area contributed by atoms with Gasteiger partial charge in [0.1, 0.15) is 5.56 Å². The highest BCUT2D eigenvalue weighted by Crippen LogP contribution is 2.21. The first kappa shape index (κ1) is 13.4. The van der Waals surface area contributed by atoms with Gasteiger partial charge in [-0.1, -0.05) is 49.4 Å². The Labute approximate surface area is 121 Å². The van der Waals surface area contributed by atoms with Crippen molar-refractivity contribution in [3.63, 3.8) is 0 Å². The maximum atomic E-state index is 14.6. The lowest BCUT2D eigenvalue weighted by atomic mass is 10.1. The molecule has 0 aliphatic carbocycles. The summed E-state index contributed by atoms with van der Waals surface area (Å²) in [4.78, 5) is 12.1. The van der Waals surface area contributed by atoms with Crippen LogP contribution in [0.5, 0.6) is 0 Å². The van der Waals surface area contributed by atoms with E-state index in [1.165, 1.54) is 4.68 Å². The molecule has 0 aliphatic rings. The fraction of sp³-hybridized carbons (Fsp3) is 0.118. The zero-order valence-electron chi connectivity index (χ0n) is 11.6. The monoisotopic (exact) mass is 282 g/mol. The van der Waals surface area contributed by atoms with Crippen molar-refractivity contribution in [2.45, 2.75) is 13.3 Å². The summed E-state index contributed by atoms with van der Waals surface area (Å²) in [5.74, 6) is -0.574. The molecule has 3 nitrogen and oxygen atoms in total. The quantitative estimate of drug-likeness (QED) is 0.784. The van der Waals surface area contributed by atoms with Gasteiger partial charge in [0, 0.05) is 0 Å². The van der Waals surface area contributed by atoms with Crippen LogP contribution in [0.4, 0.5) is 4.39 Å². The topological polar surface area (TPSA) is 37.8 Å². The van der Waals surface area contributed by atoms with E-state index in [0.29, 0.717) is 11.3 Å². The van der Waals surface area contributed by atoms with Gasteiger partial charge in [-0.2, -0.15) is 4.39 Å². The van der Waals surface area contributed by atoms with Crippen molar-refractivity contribution in [1.29, 1.82) is 0 Å². The van der Waals surface area contributed by atoms with Crippen LogP contribution in [0.3, 0.4) is 0 Å². The van der Waals surface area contributed by atoms with Crippen molar-refractivity contribution in [3.8, 4) is 16.8 Å². The number of aryl methyl sites for hydroxylation is 1. The number of halogens is 1. The van der Waals surface area contributed by atoms with Crippen LogP contribution in [0.2, 0.25) is 0 Å². The second-order valence-electron chi connectivity index (χ2n) is 4.83. The molecule has 0 bridgehead atoms. The normalized spacial score (nSPS) is 10.8. The largest absolute Gasteiger partial charge is 0.275 e. The van der Waals surface area contributed by atoms with Crippen molar-refractivity contribution in [1.82, 2.24) is 9.78 Å². The van der Waals surface area contributed by atoms with Crippen molar-refractivity contribution >= 4 is 0 Å². The minimum atomic E-state index is -0.574. The van der Waals surface area contributed by atoms with Crippen LogP contribution in [-0.2, 0) is 6.42 Å². The summed E-state index contributed by atoms with van der Waals surface area (Å²) in [5, 5.41) is 2.54. The maximum Gasteiger partial charge on any atom is 0.275 e. The Morgan fingerprint density at radius 2 is 1.71 bits per heavy atom. The van der Waals surface area contributed by atoms with Gasteiger partial charge in [0.05, 0.1) is 5.69 Å². The second-order valence-corrected chi connectivity index (χ2v) is 4.83. The molecule has 0 saturated carbocycles. The molecular formula is C17H15FN2O. The third kappa shape index (κ3) is 2.40. The number of benzene rings is 2. The highest BCUT2D eigenvalue weighted by atomic mass is 19.1. The van der Waals surface area contributed by atoms with Crippen molar-refractivity contribution in [2.24, 2.45) is 0 Å². The predicted molar refractivity (Wildman–Crippen MR) is 81.2 cm³/mol. The van der Waals surface area contributed by atoms with Crippen LogP contribution >= 0.6 is 0 Å². The average Bonchev–Trinajstić information content (AvgIpc) is 2.83. The van der Waals surface area contributed by atoms with Gasteiger partial charge in [-0.3, -0.25) is 9.89 Å². The molecular weight excluding hydrogens is 267 g/mol. The Morgan fingerprint density at radius 1 is 1.05 bits per heavy atom. The van der Waals surface area contributed by atoms with Crippen LogP contribution < -0.4 is 5.56 Å². The lowest BCUT2D eigenvalue weighted by Gasteiger charge is -2.03. The molecule has 0 amide bonds. The summed E-state index contributed by atoms with van der Waals surface area (Å²) < 4.78 is 15.8. The highest BCUT2D eigenvalue weighted by Gasteiger charge is 2.17. The Balaban J connectivity index is 2.12. The number of aromatic amines is 1. The lowest BCUT2D eigenvalue weighted by molar-refractivity contribution is 0.539. The standard InChI is InChI=1S/C17H15FN2O/c1-2-12-8-10-13(11-9-12)15-16(18)20(19-17(15)21)14-6-4-3-5-7-14/h3-11H,2H2,1H3,(H,19,21). The molecule has 0 fully saturated rings. The lowest BCUT2D eigenvalue weighted by Crippen LogP contribution is -2.05. The Bertz CT molecular complexity index is 801. The van der Waals surface area contributed by atoms with E-state index >= 15 is 0 Å². The number of nitrogens with zero attached hydrogens (tertiary/aromatic N) is 1. The first-order valence-corrected chi connectivity index (χ1v) is 6.86. The van der Waals surface area contributed by atoms with E-state index in [2.05, 4.69) is 5.10 Å². The number of aromatic nitrogens is 2. The summed E-state index contributed by atoms with van der Waals surface area (Å²) in [6, 6.07) is 16.3. The van der Waals surface area contributed by atoms with Gasteiger partial charge in [0.25, 0.3) is 5.56 Å². The smallest absolute Gasteiger partial charge is 0.267 e. The van der Waals surface area contributed by atoms with Gasteiger partial charge >= 0.3 is 0 Å². The summed E-state index contributed by atoms with van der Waals surface area (Å²) >= 11 is 0. The van der Waals surface area contributed by atoms with Crippen LogP contribution in [0.25, 0.3) is 16.8 Å². The first-order valence-electron chi connectivity index (χ1n) is 6.86. The number of hydrogen-bond donors (Lipinski definition) is 1. The summed E-state index contributed by atoms with van der Waals surface area (Å²) in [6.07, 6.45) is 0.907. The molecule has 4 heteroatoms. The summed E-state index contributed by atoms with van der Waals surface area (Å²) in [7, 11) is 0. The van der Waals surface area contributed by atoms with Crippen molar-refractivity contribution in [2.75, 3.05) is 0 Å². The van der Waals surface area contributed by atoms with Crippen molar-refractivity contribution in [3.05, 3.63) is 76.5 Å². The third-order valence-corrected chi connectivity index (χ3v) is 3.51. The van der Waals surface area contributed by atoms with E-state index in [1.807, 2.05) is 25.1 Å². The van der Waals surface area contributed by atoms with E-state index in [9.17, 15) is 9.18 Å². The minimum absolute atomic E-state index is 0.0708. The van der Waals surface area contributed by atoms with E-state index in [1.54, 1.807) is 36.4 Å². The molecule has 2 aromatic carbocycles. The number of rotatable bonds is 3. The average molecular weight is 282 g/mol. The molecule has 0 spiro atoms. The van der Waals surface area contributed by atoms with Gasteiger partial charge in [-0.05, 0) is 29.7 Å². The molecule has 0 saturated heterocycles. The molecule has 1 aromatic heterocycles. The Morgan fingerprint density at radius 3 is 2.33 bits per heavy atom. The number of hydrogen-bond acceptors (Lipinski definition) is 1. The van der Waals surface area contributed by atoms with Crippen LogP contribution in [0.15, 0.2) is 59.4 Å². The molecule has 1 heterocycles. The van der Waals surface area contributed by atoms with Crippen molar-refractivity contribution < 1.29 is 4.39 Å². The molecule has 3 aromatic rings. The van der Waals surface area contributed by atoms with Gasteiger partial charge in [-0.25, -0.2) is 4.68 Å². The molecule has 0 radical (unpaired) electrons. The molecule has 1 N–H and O–H groups in total. The Hall–Kier alpha value is -2.62. The van der Waals surface area contributed by atoms with E-state index in [0.717, 1.165) is 12.0 Å². The third-order valence-electron chi connectivity index (χ3n) is 3.51. The van der Waals surface area contributed by atoms with E-state index in [-0.39, 0.29) is 5.56 Å². The number of nitrogens with one attached hydrogen (secondary N) is 1. The van der Waals surface area contributed by atoms with Crippen LogP contribution in [-0.4, -0.2) is 9.78 Å². The zero-order chi connectivity index (χ0) is 14.8. The van der Waals surface area contributed by atoms with E-state index < -0.39 is 11.5 Å². The highest BCUT2D eigenvalue weighted by molar-refractivity contribution is 5.63. The fourth-order valence-electron chi connectivity index (χ4n) is 2.32. The van der Waals surface area contributed by atoms with Gasteiger partial charge in [0.2, 0.25) is 5.95 Å². The summed E-state index contributed by atoms with van der Waals surface area (Å²) in [6.45, 7) is 2.05. The fourth-order valence-corrected chi connectivity index (χ4v) is 2.32. The molecule has 0 aliphatic heterocycles. The van der Waals surface area contributed by atoms with Crippen LogP contribution in [0, 0.1) is 5.95 Å². The molecule has 21 heavy (non-hydrogen) atoms. The maximum absolute atomic E-state index is 14.6. The minimum Gasteiger partial charge on any atom is -0.267 e. The molecule has 106 valence electrons. The van der Waals surface area contributed by atoms with Gasteiger partial charge < -0.3 is 0 Å². The van der Waals surface area contributed by atoms with Crippen LogP contribution in [0.1, 0.15) is 12.5 Å². The molecule has 0 unspecified atom stereocenters. The SMILES string of the molecule is CCc1ccc(-c2c(F)n(-c3ccccc3)[nH]c2=O)cc1. The Kier molecular flexibility index (Phi) is 3.44. The van der Waals surface area contributed by atoms with Gasteiger partial charge in [-0.15, -0.1) is 0 Å². The molecule has 3 rings (SSSR count). The second kappa shape index (κ2) is 5.40. The zero-order valence-corrected chi connectivity index (χ0v) is 11.6. The predicted octanol–water partition coefficient (Wildman–Crippen LogP) is 3.53. The summed E-state index contributed by atoms with van der Waals surface area (Å²) in [5.41, 5.74) is 1.96. The first-order chi connectivity index (χ1) is 10.2. The van der Waals surface area contributed by atoms with E-state index in [4.69, 9.17) is 0 Å². The number of H-pyrrole nitrogens is 1. The number of para-hydroxylation sites is 1. The molecule has 0 atom stereocenters.